The Kier molecular flexibility index (Phi) is 1.91. The van der Waals surface area contributed by atoms with E-state index in [1.807, 2.05) is 30.3 Å². The number of fused-ring (bicyclic) bond motifs is 3. The summed E-state index contributed by atoms with van der Waals surface area (Å²) >= 11 is 11.9. The molecular formula is C11H6Cl2N2O. The molecule has 0 fully saturated rings. The van der Waals surface area contributed by atoms with Crippen LogP contribution < -0.4 is 0 Å². The minimum atomic E-state index is -1.61. The van der Waals surface area contributed by atoms with E-state index in [2.05, 4.69) is 4.99 Å². The van der Waals surface area contributed by atoms with Crippen molar-refractivity contribution < 1.29 is 4.79 Å². The van der Waals surface area contributed by atoms with E-state index in [-0.39, 0.29) is 0 Å². The second kappa shape index (κ2) is 3.09. The van der Waals surface area contributed by atoms with Crippen molar-refractivity contribution in [2.75, 3.05) is 0 Å². The molecule has 5 heteroatoms. The Hall–Kier alpha value is -1.32. The standard InChI is InChI=1S/C11H6Cl2N2O/c12-11(13)10(16)14-9-8-4-2-1-3-7(8)5-6-15(9)11/h1-6H. The molecule has 16 heavy (non-hydrogen) atoms. The van der Waals surface area contributed by atoms with E-state index in [1.165, 1.54) is 4.90 Å². The second-order valence-electron chi connectivity index (χ2n) is 3.55. The molecule has 80 valence electrons. The van der Waals surface area contributed by atoms with Crippen LogP contribution in [0.5, 0.6) is 0 Å². The van der Waals surface area contributed by atoms with Crippen LogP contribution in [0.1, 0.15) is 11.1 Å². The van der Waals surface area contributed by atoms with Crippen LogP contribution in [-0.2, 0) is 4.79 Å². The van der Waals surface area contributed by atoms with Crippen molar-refractivity contribution in [3.05, 3.63) is 41.6 Å². The molecular weight excluding hydrogens is 247 g/mol. The number of benzene rings is 1. The molecule has 1 aromatic carbocycles. The molecule has 2 aliphatic heterocycles. The van der Waals surface area contributed by atoms with Gasteiger partial charge in [0.2, 0.25) is 0 Å². The fourth-order valence-corrected chi connectivity index (χ4v) is 2.17. The highest BCUT2D eigenvalue weighted by atomic mass is 35.5. The third-order valence-corrected chi connectivity index (χ3v) is 3.29. The van der Waals surface area contributed by atoms with Gasteiger partial charge in [-0.2, -0.15) is 4.99 Å². The van der Waals surface area contributed by atoms with Crippen LogP contribution in [0.15, 0.2) is 35.5 Å². The number of amidine groups is 1. The topological polar surface area (TPSA) is 32.7 Å². The largest absolute Gasteiger partial charge is 0.305 e. The van der Waals surface area contributed by atoms with Gasteiger partial charge in [0, 0.05) is 11.8 Å². The molecule has 0 unspecified atom stereocenters. The van der Waals surface area contributed by atoms with Gasteiger partial charge < -0.3 is 0 Å². The summed E-state index contributed by atoms with van der Waals surface area (Å²) in [6.45, 7) is 0. The number of amides is 1. The Labute approximate surface area is 102 Å². The van der Waals surface area contributed by atoms with E-state index in [9.17, 15) is 4.79 Å². The molecule has 0 saturated carbocycles. The molecule has 1 aromatic rings. The summed E-state index contributed by atoms with van der Waals surface area (Å²) < 4.78 is -1.61. The first-order valence-corrected chi connectivity index (χ1v) is 5.44. The first-order valence-electron chi connectivity index (χ1n) is 4.68. The number of aliphatic imine (C=N–C) groups is 1. The van der Waals surface area contributed by atoms with E-state index < -0.39 is 10.4 Å². The lowest BCUT2D eigenvalue weighted by atomic mass is 10.0. The molecule has 2 aliphatic rings. The molecule has 0 spiro atoms. The van der Waals surface area contributed by atoms with Gasteiger partial charge in [0.25, 0.3) is 4.46 Å². The van der Waals surface area contributed by atoms with E-state index in [1.54, 1.807) is 6.20 Å². The molecule has 0 aliphatic carbocycles. The van der Waals surface area contributed by atoms with E-state index in [4.69, 9.17) is 23.2 Å². The zero-order chi connectivity index (χ0) is 11.3. The second-order valence-corrected chi connectivity index (χ2v) is 4.84. The number of carbonyl (C=O) groups excluding carboxylic acids is 1. The fraction of sp³-hybridized carbons (Fsp3) is 0.0909. The zero-order valence-electron chi connectivity index (χ0n) is 8.02. The summed E-state index contributed by atoms with van der Waals surface area (Å²) in [4.78, 5) is 16.9. The Morgan fingerprint density at radius 3 is 2.81 bits per heavy atom. The smallest absolute Gasteiger partial charge is 0.292 e. The predicted octanol–water partition coefficient (Wildman–Crippen LogP) is 2.39. The Morgan fingerprint density at radius 1 is 1.25 bits per heavy atom. The summed E-state index contributed by atoms with van der Waals surface area (Å²) in [6, 6.07) is 7.63. The maximum Gasteiger partial charge on any atom is 0.305 e. The summed E-state index contributed by atoms with van der Waals surface area (Å²) in [7, 11) is 0. The molecule has 0 aromatic heterocycles. The predicted molar refractivity (Wildman–Crippen MR) is 63.3 cm³/mol. The Morgan fingerprint density at radius 2 is 2.00 bits per heavy atom. The first-order chi connectivity index (χ1) is 7.60. The minimum absolute atomic E-state index is 0.508. The van der Waals surface area contributed by atoms with Crippen LogP contribution in [0.25, 0.3) is 6.08 Å². The Balaban J connectivity index is 2.22. The van der Waals surface area contributed by atoms with Crippen LogP contribution in [-0.4, -0.2) is 21.1 Å². The first kappa shape index (κ1) is 9.87. The average molecular weight is 253 g/mol. The van der Waals surface area contributed by atoms with Gasteiger partial charge in [0.1, 0.15) is 5.84 Å². The van der Waals surface area contributed by atoms with E-state index >= 15 is 0 Å². The van der Waals surface area contributed by atoms with Crippen molar-refractivity contribution in [3.8, 4) is 0 Å². The van der Waals surface area contributed by atoms with E-state index in [0.717, 1.165) is 11.1 Å². The minimum Gasteiger partial charge on any atom is -0.292 e. The van der Waals surface area contributed by atoms with Crippen molar-refractivity contribution in [2.24, 2.45) is 4.99 Å². The number of nitrogens with zero attached hydrogens (tertiary/aromatic N) is 2. The zero-order valence-corrected chi connectivity index (χ0v) is 9.53. The summed E-state index contributed by atoms with van der Waals surface area (Å²) in [5, 5.41) is 0. The SMILES string of the molecule is O=C1N=C2c3ccccc3C=CN2C1(Cl)Cl. The summed E-state index contributed by atoms with van der Waals surface area (Å²) in [5.74, 6) is -0.0414. The third kappa shape index (κ3) is 1.16. The van der Waals surface area contributed by atoms with Crippen molar-refractivity contribution >= 4 is 41.0 Å². The van der Waals surface area contributed by atoms with Gasteiger partial charge in [0.05, 0.1) is 0 Å². The van der Waals surface area contributed by atoms with Gasteiger partial charge in [-0.3, -0.25) is 9.69 Å². The van der Waals surface area contributed by atoms with Gasteiger partial charge in [0.15, 0.2) is 0 Å². The number of alkyl halides is 2. The van der Waals surface area contributed by atoms with Crippen molar-refractivity contribution in [2.45, 2.75) is 4.46 Å². The lowest BCUT2D eigenvalue weighted by Crippen LogP contribution is -2.40. The van der Waals surface area contributed by atoms with Crippen LogP contribution >= 0.6 is 23.2 Å². The van der Waals surface area contributed by atoms with Crippen molar-refractivity contribution in [1.29, 1.82) is 0 Å². The normalized spacial score (nSPS) is 20.5. The Bertz CT molecular complexity index is 549. The molecule has 1 amide bonds. The van der Waals surface area contributed by atoms with Crippen LogP contribution in [0, 0.1) is 0 Å². The number of hydrogen-bond acceptors (Lipinski definition) is 2. The van der Waals surface area contributed by atoms with Crippen LogP contribution in [0.2, 0.25) is 0 Å². The maximum atomic E-state index is 11.5. The molecule has 0 radical (unpaired) electrons. The van der Waals surface area contributed by atoms with E-state index in [0.29, 0.717) is 5.84 Å². The van der Waals surface area contributed by atoms with Gasteiger partial charge in [-0.05, 0) is 11.6 Å². The van der Waals surface area contributed by atoms with Gasteiger partial charge in [-0.1, -0.05) is 47.5 Å². The highest BCUT2D eigenvalue weighted by Gasteiger charge is 2.48. The molecule has 3 nitrogen and oxygen atoms in total. The monoisotopic (exact) mass is 252 g/mol. The molecule has 0 bridgehead atoms. The highest BCUT2D eigenvalue weighted by molar-refractivity contribution is 6.60. The molecule has 2 heterocycles. The van der Waals surface area contributed by atoms with Crippen molar-refractivity contribution in [1.82, 2.24) is 4.90 Å². The lowest BCUT2D eigenvalue weighted by molar-refractivity contribution is -0.119. The van der Waals surface area contributed by atoms with Crippen LogP contribution in [0.4, 0.5) is 0 Å². The van der Waals surface area contributed by atoms with Gasteiger partial charge in [-0.25, -0.2) is 0 Å². The summed E-state index contributed by atoms with van der Waals surface area (Å²) in [5.41, 5.74) is 1.86. The number of carbonyl (C=O) groups is 1. The van der Waals surface area contributed by atoms with Crippen LogP contribution in [0.3, 0.4) is 0 Å². The summed E-state index contributed by atoms with van der Waals surface area (Å²) in [6.07, 6.45) is 3.53. The average Bonchev–Trinajstić information content (AvgIpc) is 2.51. The van der Waals surface area contributed by atoms with Gasteiger partial charge in [-0.15, -0.1) is 0 Å². The molecule has 3 rings (SSSR count). The molecule has 0 atom stereocenters. The number of halogens is 2. The fourth-order valence-electron chi connectivity index (χ4n) is 1.81. The van der Waals surface area contributed by atoms with Crippen molar-refractivity contribution in [3.63, 3.8) is 0 Å². The molecule has 0 N–H and O–H groups in total. The highest BCUT2D eigenvalue weighted by Crippen LogP contribution is 2.38. The number of hydrogen-bond donors (Lipinski definition) is 0. The maximum absolute atomic E-state index is 11.5. The molecule has 0 saturated heterocycles. The third-order valence-electron chi connectivity index (χ3n) is 2.60. The van der Waals surface area contributed by atoms with Gasteiger partial charge >= 0.3 is 5.91 Å². The number of rotatable bonds is 0. The quantitative estimate of drug-likeness (QED) is 0.525. The lowest BCUT2D eigenvalue weighted by Gasteiger charge is -2.28.